The zero-order valence-corrected chi connectivity index (χ0v) is 20.5. The van der Waals surface area contributed by atoms with E-state index in [2.05, 4.69) is 28.0 Å². The summed E-state index contributed by atoms with van der Waals surface area (Å²) in [5.41, 5.74) is 4.08. The summed E-state index contributed by atoms with van der Waals surface area (Å²) in [5.74, 6) is -0.305. The standard InChI is InChI=1S/C30H34F2N2O2/c31-26-11-7-23(8-12-26)30(24-9-13-27(32)14-10-24)36-20-19-33-15-17-34(18-16-33)21-25-6-5-22-3-1-2-4-28(22)29(25)35/h1-4,7-14,25,29-30,35H,5-6,15-21H2/t25-,29+/m0/s1. The van der Waals surface area contributed by atoms with E-state index >= 15 is 0 Å². The van der Waals surface area contributed by atoms with Gasteiger partial charge in [-0.25, -0.2) is 8.78 Å². The molecule has 0 saturated carbocycles. The number of fused-ring (bicyclic) bond motifs is 1. The molecule has 0 bridgehead atoms. The third kappa shape index (κ3) is 6.01. The van der Waals surface area contributed by atoms with E-state index in [-0.39, 0.29) is 29.8 Å². The molecule has 1 fully saturated rings. The first kappa shape index (κ1) is 25.0. The normalized spacial score (nSPS) is 21.0. The SMILES string of the molecule is O[C@H]1c2ccccc2CC[C@H]1CN1CCN(CCOC(c2ccc(F)cc2)c2ccc(F)cc2)CC1. The van der Waals surface area contributed by atoms with Crippen molar-refractivity contribution in [3.63, 3.8) is 0 Å². The van der Waals surface area contributed by atoms with Crippen molar-refractivity contribution in [2.75, 3.05) is 45.9 Å². The molecule has 3 aromatic carbocycles. The molecule has 2 atom stereocenters. The quantitative estimate of drug-likeness (QED) is 0.481. The number of aryl methyl sites for hydroxylation is 1. The number of aliphatic hydroxyl groups excluding tert-OH is 1. The first-order chi connectivity index (χ1) is 17.6. The van der Waals surface area contributed by atoms with E-state index in [1.807, 2.05) is 6.07 Å². The highest BCUT2D eigenvalue weighted by atomic mass is 19.1. The summed E-state index contributed by atoms with van der Waals surface area (Å²) >= 11 is 0. The van der Waals surface area contributed by atoms with Crippen molar-refractivity contribution in [1.82, 2.24) is 9.80 Å². The van der Waals surface area contributed by atoms with E-state index in [0.29, 0.717) is 6.61 Å². The molecular weight excluding hydrogens is 458 g/mol. The van der Waals surface area contributed by atoms with E-state index in [0.717, 1.165) is 68.8 Å². The lowest BCUT2D eigenvalue weighted by molar-refractivity contribution is 0.0285. The molecule has 190 valence electrons. The number of benzene rings is 3. The Morgan fingerprint density at radius 2 is 1.39 bits per heavy atom. The van der Waals surface area contributed by atoms with Gasteiger partial charge in [-0.2, -0.15) is 0 Å². The molecule has 5 rings (SSSR count). The highest BCUT2D eigenvalue weighted by molar-refractivity contribution is 5.32. The molecule has 36 heavy (non-hydrogen) atoms. The predicted molar refractivity (Wildman–Crippen MR) is 137 cm³/mol. The Morgan fingerprint density at radius 3 is 2.03 bits per heavy atom. The van der Waals surface area contributed by atoms with Crippen LogP contribution in [0.15, 0.2) is 72.8 Å². The van der Waals surface area contributed by atoms with Crippen LogP contribution in [-0.2, 0) is 11.2 Å². The van der Waals surface area contributed by atoms with E-state index in [9.17, 15) is 13.9 Å². The van der Waals surface area contributed by atoms with Crippen LogP contribution in [0.4, 0.5) is 8.78 Å². The number of hydrogen-bond acceptors (Lipinski definition) is 4. The number of hydrogen-bond donors (Lipinski definition) is 1. The minimum Gasteiger partial charge on any atom is -0.388 e. The van der Waals surface area contributed by atoms with Crippen LogP contribution in [0.5, 0.6) is 0 Å². The third-order valence-corrected chi connectivity index (χ3v) is 7.60. The summed E-state index contributed by atoms with van der Waals surface area (Å²) in [6.45, 7) is 6.12. The summed E-state index contributed by atoms with van der Waals surface area (Å²) in [6.07, 6.45) is 1.32. The van der Waals surface area contributed by atoms with Crippen LogP contribution >= 0.6 is 0 Å². The minimum absolute atomic E-state index is 0.280. The molecule has 1 saturated heterocycles. The second-order valence-electron chi connectivity index (χ2n) is 9.94. The van der Waals surface area contributed by atoms with Gasteiger partial charge < -0.3 is 14.7 Å². The molecule has 1 aliphatic carbocycles. The lowest BCUT2D eigenvalue weighted by Crippen LogP contribution is -2.49. The van der Waals surface area contributed by atoms with E-state index in [1.165, 1.54) is 29.8 Å². The second-order valence-corrected chi connectivity index (χ2v) is 9.94. The van der Waals surface area contributed by atoms with Gasteiger partial charge in [0.1, 0.15) is 17.7 Å². The topological polar surface area (TPSA) is 35.9 Å². The summed E-state index contributed by atoms with van der Waals surface area (Å²) in [5, 5.41) is 10.9. The molecule has 3 aromatic rings. The zero-order chi connectivity index (χ0) is 24.9. The summed E-state index contributed by atoms with van der Waals surface area (Å²) in [4.78, 5) is 4.87. The first-order valence-electron chi connectivity index (χ1n) is 12.9. The summed E-state index contributed by atoms with van der Waals surface area (Å²) in [7, 11) is 0. The number of rotatable bonds is 8. The molecule has 0 aromatic heterocycles. The van der Waals surface area contributed by atoms with Gasteiger partial charge in [0.2, 0.25) is 0 Å². The smallest absolute Gasteiger partial charge is 0.123 e. The van der Waals surface area contributed by atoms with E-state index in [4.69, 9.17) is 4.74 Å². The number of ether oxygens (including phenoxy) is 1. The van der Waals surface area contributed by atoms with Crippen molar-refractivity contribution in [2.24, 2.45) is 5.92 Å². The molecule has 1 aliphatic heterocycles. The largest absolute Gasteiger partial charge is 0.388 e. The maximum atomic E-state index is 13.5. The van der Waals surface area contributed by atoms with Crippen molar-refractivity contribution < 1.29 is 18.6 Å². The zero-order valence-electron chi connectivity index (χ0n) is 20.5. The molecule has 0 unspecified atom stereocenters. The molecule has 0 radical (unpaired) electrons. The Hall–Kier alpha value is -2.64. The summed E-state index contributed by atoms with van der Waals surface area (Å²) < 4.78 is 33.2. The van der Waals surface area contributed by atoms with Gasteiger partial charge in [0, 0.05) is 45.2 Å². The van der Waals surface area contributed by atoms with Crippen molar-refractivity contribution >= 4 is 0 Å². The molecule has 4 nitrogen and oxygen atoms in total. The molecule has 0 spiro atoms. The number of aliphatic hydroxyl groups is 1. The van der Waals surface area contributed by atoms with Gasteiger partial charge in [0.25, 0.3) is 0 Å². The van der Waals surface area contributed by atoms with Crippen LogP contribution in [-0.4, -0.2) is 60.8 Å². The van der Waals surface area contributed by atoms with Crippen molar-refractivity contribution in [1.29, 1.82) is 0 Å². The molecule has 0 amide bonds. The van der Waals surface area contributed by atoms with E-state index in [1.54, 1.807) is 24.3 Å². The second kappa shape index (κ2) is 11.6. The van der Waals surface area contributed by atoms with Crippen LogP contribution in [0.25, 0.3) is 0 Å². The molecule has 1 heterocycles. The third-order valence-electron chi connectivity index (χ3n) is 7.60. The Morgan fingerprint density at radius 1 is 0.806 bits per heavy atom. The van der Waals surface area contributed by atoms with E-state index < -0.39 is 0 Å². The lowest BCUT2D eigenvalue weighted by atomic mass is 9.81. The monoisotopic (exact) mass is 492 g/mol. The predicted octanol–water partition coefficient (Wildman–Crippen LogP) is 4.98. The van der Waals surface area contributed by atoms with Gasteiger partial charge in [-0.3, -0.25) is 4.90 Å². The average Bonchev–Trinajstić information content (AvgIpc) is 2.91. The van der Waals surface area contributed by atoms with Crippen LogP contribution in [0.2, 0.25) is 0 Å². The fourth-order valence-corrected chi connectivity index (χ4v) is 5.48. The van der Waals surface area contributed by atoms with Gasteiger partial charge in [-0.1, -0.05) is 48.5 Å². The van der Waals surface area contributed by atoms with Gasteiger partial charge in [0.15, 0.2) is 0 Å². The van der Waals surface area contributed by atoms with Crippen LogP contribution in [0, 0.1) is 17.6 Å². The Balaban J connectivity index is 1.11. The molecular formula is C30H34F2N2O2. The molecule has 6 heteroatoms. The van der Waals surface area contributed by atoms with Gasteiger partial charge in [-0.05, 0) is 59.4 Å². The summed E-state index contributed by atoms with van der Waals surface area (Å²) in [6, 6.07) is 20.9. The number of piperazine rings is 1. The minimum atomic E-state index is -0.378. The Bertz CT molecular complexity index is 1070. The van der Waals surface area contributed by atoms with Crippen molar-refractivity contribution in [3.05, 3.63) is 107 Å². The molecule has 2 aliphatic rings. The fraction of sp³-hybridized carbons (Fsp3) is 0.400. The van der Waals surface area contributed by atoms with Gasteiger partial charge in [-0.15, -0.1) is 0 Å². The van der Waals surface area contributed by atoms with Crippen molar-refractivity contribution in [2.45, 2.75) is 25.0 Å². The highest BCUT2D eigenvalue weighted by Gasteiger charge is 2.30. The Labute approximate surface area is 212 Å². The molecule has 1 N–H and O–H groups in total. The Kier molecular flexibility index (Phi) is 8.07. The maximum absolute atomic E-state index is 13.5. The van der Waals surface area contributed by atoms with Crippen LogP contribution in [0.3, 0.4) is 0 Å². The van der Waals surface area contributed by atoms with Gasteiger partial charge in [0.05, 0.1) is 12.7 Å². The fourth-order valence-electron chi connectivity index (χ4n) is 5.48. The average molecular weight is 493 g/mol. The van der Waals surface area contributed by atoms with Crippen LogP contribution < -0.4 is 0 Å². The highest BCUT2D eigenvalue weighted by Crippen LogP contribution is 2.35. The first-order valence-corrected chi connectivity index (χ1v) is 12.9. The maximum Gasteiger partial charge on any atom is 0.123 e. The lowest BCUT2D eigenvalue weighted by Gasteiger charge is -2.39. The number of nitrogens with zero attached hydrogens (tertiary/aromatic N) is 2. The van der Waals surface area contributed by atoms with Crippen LogP contribution in [0.1, 0.15) is 40.9 Å². The van der Waals surface area contributed by atoms with Crippen molar-refractivity contribution in [3.8, 4) is 0 Å². The number of halogens is 2. The van der Waals surface area contributed by atoms with Gasteiger partial charge >= 0.3 is 0 Å².